The standard InChI is InChI=1S/C56H66N4O2/c1-5-29-61-55(49-21-25-57-52-15-11-9-13-47(49)52)51-38-59(27-24-44(51)33-46(59)8-4)35-39-17-19-42-20-18-40(32-45(42)31-39)36-60-28-23-43(41(7-3)37-60)34-54(60)56(62-30-6-2)50-22-26-58-53-16-12-10-14-48(50)53/h5-6,9-22,25-26,31-32,41,43-44,46,51,54-56H,1-2,7-8,23-24,27-30,33-38H2,3-4H3/q+2/t41?,43?,44?,46?,51-,54+,55+,56+,59?,60?/m0/s1. The van der Waals surface area contributed by atoms with E-state index in [0.717, 1.165) is 51.5 Å². The van der Waals surface area contributed by atoms with Crippen molar-refractivity contribution in [2.45, 2.75) is 89.8 Å². The van der Waals surface area contributed by atoms with Crippen LogP contribution in [0.25, 0.3) is 32.6 Å². The first kappa shape index (κ1) is 41.3. The fourth-order valence-electron chi connectivity index (χ4n) is 13.5. The molecule has 10 atom stereocenters. The molecule has 6 unspecified atom stereocenters. The van der Waals surface area contributed by atoms with Gasteiger partial charge >= 0.3 is 0 Å². The van der Waals surface area contributed by atoms with Crippen LogP contribution in [-0.4, -0.2) is 70.4 Å². The van der Waals surface area contributed by atoms with Crippen molar-refractivity contribution in [3.63, 3.8) is 0 Å². The Labute approximate surface area is 369 Å². The van der Waals surface area contributed by atoms with E-state index in [4.69, 9.17) is 19.4 Å². The van der Waals surface area contributed by atoms with Gasteiger partial charge in [0.15, 0.2) is 0 Å². The maximum absolute atomic E-state index is 6.92. The van der Waals surface area contributed by atoms with E-state index in [1.54, 1.807) is 0 Å². The van der Waals surface area contributed by atoms with Crippen LogP contribution < -0.4 is 0 Å². The average molecular weight is 827 g/mol. The number of benzene rings is 4. The molecule has 0 saturated carbocycles. The highest BCUT2D eigenvalue weighted by Crippen LogP contribution is 2.52. The number of quaternary nitrogens is 2. The van der Waals surface area contributed by atoms with Crippen LogP contribution in [0.5, 0.6) is 0 Å². The summed E-state index contributed by atoms with van der Waals surface area (Å²) in [7, 11) is 0. The minimum absolute atomic E-state index is 0.0169. The van der Waals surface area contributed by atoms with Gasteiger partial charge in [-0.2, -0.15) is 0 Å². The van der Waals surface area contributed by atoms with Gasteiger partial charge < -0.3 is 18.4 Å². The minimum Gasteiger partial charge on any atom is -0.369 e. The summed E-state index contributed by atoms with van der Waals surface area (Å²) in [6.07, 6.45) is 15.3. The first-order valence-corrected chi connectivity index (χ1v) is 23.8. The highest BCUT2D eigenvalue weighted by molar-refractivity contribution is 5.84. The fourth-order valence-corrected chi connectivity index (χ4v) is 13.5. The third-order valence-electron chi connectivity index (χ3n) is 16.4. The maximum Gasteiger partial charge on any atom is 0.135 e. The Kier molecular flexibility index (Phi) is 11.6. The molecular formula is C56H66N4O2+2. The molecule has 12 rings (SSSR count). The van der Waals surface area contributed by atoms with Crippen molar-refractivity contribution in [1.29, 1.82) is 0 Å². The molecule has 6 heteroatoms. The van der Waals surface area contributed by atoms with E-state index >= 15 is 0 Å². The highest BCUT2D eigenvalue weighted by Gasteiger charge is 2.56. The van der Waals surface area contributed by atoms with Crippen molar-refractivity contribution in [3.05, 3.63) is 157 Å². The summed E-state index contributed by atoms with van der Waals surface area (Å²) in [4.78, 5) is 9.48. The number of nitrogens with zero attached hydrogens (tertiary/aromatic N) is 4. The monoisotopic (exact) mass is 827 g/mol. The molecule has 6 aliphatic rings. The molecule has 4 aromatic carbocycles. The highest BCUT2D eigenvalue weighted by atomic mass is 16.5. The number of hydrogen-bond donors (Lipinski definition) is 0. The quantitative estimate of drug-likeness (QED) is 0.0720. The summed E-state index contributed by atoms with van der Waals surface area (Å²) in [6.45, 7) is 21.0. The lowest BCUT2D eigenvalue weighted by Gasteiger charge is -2.59. The zero-order valence-electron chi connectivity index (χ0n) is 37.1. The number of rotatable bonds is 16. The smallest absolute Gasteiger partial charge is 0.135 e. The van der Waals surface area contributed by atoms with E-state index in [1.165, 1.54) is 102 Å². The van der Waals surface area contributed by atoms with Crippen molar-refractivity contribution < 1.29 is 18.4 Å². The van der Waals surface area contributed by atoms with Gasteiger partial charge in [-0.15, -0.1) is 13.2 Å². The average Bonchev–Trinajstić information content (AvgIpc) is 3.32. The third-order valence-corrected chi connectivity index (χ3v) is 16.4. The van der Waals surface area contributed by atoms with E-state index in [0.29, 0.717) is 37.1 Å². The molecule has 0 N–H and O–H groups in total. The molecule has 6 nitrogen and oxygen atoms in total. The van der Waals surface area contributed by atoms with Gasteiger partial charge in [0.25, 0.3) is 0 Å². The van der Waals surface area contributed by atoms with Crippen LogP contribution in [0.3, 0.4) is 0 Å². The number of piperidine rings is 6. The van der Waals surface area contributed by atoms with Gasteiger partial charge in [-0.3, -0.25) is 9.97 Å². The van der Waals surface area contributed by atoms with Crippen LogP contribution in [0, 0.1) is 23.7 Å². The van der Waals surface area contributed by atoms with Crippen LogP contribution in [-0.2, 0) is 22.6 Å². The van der Waals surface area contributed by atoms with Gasteiger partial charge in [0.05, 0.1) is 62.6 Å². The Hall–Kier alpha value is -4.72. The van der Waals surface area contributed by atoms with Crippen LogP contribution in [0.1, 0.15) is 86.8 Å². The lowest BCUT2D eigenvalue weighted by atomic mass is 9.69. The minimum atomic E-state index is -0.0226. The fraction of sp³-hybridized carbons (Fsp3) is 0.429. The molecule has 0 spiro atoms. The Balaban J connectivity index is 0.964. The van der Waals surface area contributed by atoms with E-state index in [2.05, 4.69) is 124 Å². The van der Waals surface area contributed by atoms with Crippen molar-refractivity contribution >= 4 is 32.6 Å². The predicted octanol–water partition coefficient (Wildman–Crippen LogP) is 12.1. The van der Waals surface area contributed by atoms with Gasteiger partial charge in [0.1, 0.15) is 25.2 Å². The number of para-hydroxylation sites is 2. The van der Waals surface area contributed by atoms with Crippen molar-refractivity contribution in [3.8, 4) is 0 Å². The topological polar surface area (TPSA) is 44.2 Å². The Morgan fingerprint density at radius 1 is 0.645 bits per heavy atom. The molecular weight excluding hydrogens is 761 g/mol. The lowest BCUT2D eigenvalue weighted by molar-refractivity contribution is -0.986. The van der Waals surface area contributed by atoms with Gasteiger partial charge in [-0.1, -0.05) is 86.7 Å². The number of aromatic nitrogens is 2. The number of fused-ring (bicyclic) bond motifs is 9. The molecule has 6 aromatic rings. The van der Waals surface area contributed by atoms with Gasteiger partial charge in [-0.25, -0.2) is 0 Å². The summed E-state index contributed by atoms with van der Waals surface area (Å²) in [6, 6.07) is 37.4. The molecule has 4 bridgehead atoms. The van der Waals surface area contributed by atoms with Crippen LogP contribution in [0.4, 0.5) is 0 Å². The normalized spacial score (nSPS) is 28.9. The molecule has 6 saturated heterocycles. The van der Waals surface area contributed by atoms with Crippen LogP contribution >= 0.6 is 0 Å². The second-order valence-electron chi connectivity index (χ2n) is 19.5. The number of pyridine rings is 2. The summed E-state index contributed by atoms with van der Waals surface area (Å²) in [5.74, 6) is 2.59. The van der Waals surface area contributed by atoms with Gasteiger partial charge in [-0.05, 0) is 83.0 Å². The lowest BCUT2D eigenvalue weighted by Crippen LogP contribution is -2.67. The summed E-state index contributed by atoms with van der Waals surface area (Å²) < 4.78 is 16.0. The van der Waals surface area contributed by atoms with E-state index < -0.39 is 0 Å². The molecule has 320 valence electrons. The second-order valence-corrected chi connectivity index (χ2v) is 19.5. The first-order chi connectivity index (χ1) is 30.4. The molecule has 62 heavy (non-hydrogen) atoms. The summed E-state index contributed by atoms with van der Waals surface area (Å²) >= 11 is 0. The van der Waals surface area contributed by atoms with Crippen LogP contribution in [0.15, 0.2) is 135 Å². The van der Waals surface area contributed by atoms with Crippen molar-refractivity contribution in [1.82, 2.24) is 9.97 Å². The maximum atomic E-state index is 6.92. The first-order valence-electron chi connectivity index (χ1n) is 23.8. The Morgan fingerprint density at radius 3 is 1.89 bits per heavy atom. The van der Waals surface area contributed by atoms with E-state index in [1.807, 2.05) is 24.5 Å². The number of hydrogen-bond acceptors (Lipinski definition) is 4. The molecule has 0 aliphatic carbocycles. The summed E-state index contributed by atoms with van der Waals surface area (Å²) in [5.41, 5.74) is 7.55. The van der Waals surface area contributed by atoms with Crippen molar-refractivity contribution in [2.75, 3.05) is 39.4 Å². The van der Waals surface area contributed by atoms with Gasteiger partial charge in [0, 0.05) is 71.8 Å². The van der Waals surface area contributed by atoms with Crippen molar-refractivity contribution in [2.24, 2.45) is 23.7 Å². The molecule has 0 amide bonds. The third kappa shape index (κ3) is 7.51. The predicted molar refractivity (Wildman–Crippen MR) is 253 cm³/mol. The van der Waals surface area contributed by atoms with E-state index in [-0.39, 0.29) is 12.2 Å². The molecule has 6 fully saturated rings. The van der Waals surface area contributed by atoms with Crippen LogP contribution in [0.2, 0.25) is 0 Å². The zero-order valence-corrected chi connectivity index (χ0v) is 37.1. The second kappa shape index (κ2) is 17.4. The molecule has 8 heterocycles. The van der Waals surface area contributed by atoms with E-state index in [9.17, 15) is 0 Å². The summed E-state index contributed by atoms with van der Waals surface area (Å²) in [5, 5.41) is 5.13. The zero-order chi connectivity index (χ0) is 42.3. The molecule has 0 radical (unpaired) electrons. The molecule has 2 aromatic heterocycles. The Morgan fingerprint density at radius 2 is 1.24 bits per heavy atom. The van der Waals surface area contributed by atoms with Gasteiger partial charge in [0.2, 0.25) is 0 Å². The largest absolute Gasteiger partial charge is 0.369 e. The molecule has 6 aliphatic heterocycles. The number of ether oxygens (including phenoxy) is 2. The Bertz CT molecular complexity index is 2560. The SMILES string of the molecule is C=CCO[C@H](c1ccnc2ccccc12)[C@H]1CC2CC[N+]1(Cc1ccc3ccc(C[N+]45CCC(CC4CC)[C@@H]([C@H](OCC=C)c4ccnc6ccccc46)C5)cc3c1)CC2CC.